The Balaban J connectivity index is 1.49. The van der Waals surface area contributed by atoms with E-state index in [1.54, 1.807) is 14.2 Å². The SMILES string of the molecule is COc1cc2c(cc1OC)C[NH+](CN1C(=O)C(=O)N([C@H]3CCCC[C@H]3C)C1=O)CC2. The lowest BCUT2D eigenvalue weighted by molar-refractivity contribution is -0.923. The van der Waals surface area contributed by atoms with E-state index in [9.17, 15) is 14.4 Å². The first-order valence-corrected chi connectivity index (χ1v) is 10.7. The van der Waals surface area contributed by atoms with Crippen LogP contribution in [0.4, 0.5) is 4.79 Å². The molecule has 1 saturated heterocycles. The van der Waals surface area contributed by atoms with Gasteiger partial charge < -0.3 is 14.4 Å². The first-order chi connectivity index (χ1) is 14.4. The molecule has 0 aromatic heterocycles. The fraction of sp³-hybridized carbons (Fsp3) is 0.591. The molecule has 1 aromatic carbocycles. The normalized spacial score (nSPS) is 26.8. The molecule has 1 saturated carbocycles. The van der Waals surface area contributed by atoms with Gasteiger partial charge in [0.1, 0.15) is 6.54 Å². The van der Waals surface area contributed by atoms with Gasteiger partial charge in [0.2, 0.25) is 0 Å². The van der Waals surface area contributed by atoms with Crippen LogP contribution in [0.25, 0.3) is 0 Å². The Bertz CT molecular complexity index is 871. The van der Waals surface area contributed by atoms with Crippen molar-refractivity contribution in [2.75, 3.05) is 27.4 Å². The van der Waals surface area contributed by atoms with E-state index in [1.807, 2.05) is 12.1 Å². The van der Waals surface area contributed by atoms with Gasteiger partial charge in [-0.1, -0.05) is 19.8 Å². The van der Waals surface area contributed by atoms with Crippen molar-refractivity contribution in [2.24, 2.45) is 5.92 Å². The van der Waals surface area contributed by atoms with Crippen molar-refractivity contribution < 1.29 is 28.8 Å². The van der Waals surface area contributed by atoms with E-state index in [-0.39, 0.29) is 18.6 Å². The summed E-state index contributed by atoms with van der Waals surface area (Å²) in [5.41, 5.74) is 2.29. The first kappa shape index (κ1) is 20.7. The number of imide groups is 2. The summed E-state index contributed by atoms with van der Waals surface area (Å²) in [4.78, 5) is 41.8. The van der Waals surface area contributed by atoms with E-state index in [4.69, 9.17) is 9.47 Å². The molecule has 4 rings (SSSR count). The fourth-order valence-electron chi connectivity index (χ4n) is 5.02. The number of quaternary nitrogens is 1. The number of urea groups is 1. The summed E-state index contributed by atoms with van der Waals surface area (Å²) in [5, 5.41) is 0. The van der Waals surface area contributed by atoms with Crippen LogP contribution < -0.4 is 14.4 Å². The Morgan fingerprint density at radius 3 is 2.33 bits per heavy atom. The minimum absolute atomic E-state index is 0.165. The molecule has 1 N–H and O–H groups in total. The van der Waals surface area contributed by atoms with Crippen LogP contribution >= 0.6 is 0 Å². The third-order valence-corrected chi connectivity index (χ3v) is 6.76. The maximum Gasteiger partial charge on any atom is 0.338 e. The molecule has 2 fully saturated rings. The standard InChI is InChI=1S/C22H29N3O5/c1-14-6-4-5-7-17(14)25-21(27)20(26)24(22(25)28)13-23-9-8-15-10-18(29-2)19(30-3)11-16(15)12-23/h10-11,14,17H,4-9,12-13H2,1-3H3/p+1/t14-,17+/m1/s1. The molecule has 3 atom stereocenters. The average Bonchev–Trinajstić information content (AvgIpc) is 2.96. The van der Waals surface area contributed by atoms with Gasteiger partial charge in [-0.3, -0.25) is 14.5 Å². The quantitative estimate of drug-likeness (QED) is 0.572. The van der Waals surface area contributed by atoms with Gasteiger partial charge in [0, 0.05) is 18.0 Å². The number of ether oxygens (including phenoxy) is 2. The summed E-state index contributed by atoms with van der Waals surface area (Å²) in [6.07, 6.45) is 4.66. The van der Waals surface area contributed by atoms with Crippen LogP contribution in [0.3, 0.4) is 0 Å². The largest absolute Gasteiger partial charge is 0.493 e. The van der Waals surface area contributed by atoms with Crippen molar-refractivity contribution in [1.29, 1.82) is 0 Å². The van der Waals surface area contributed by atoms with Crippen molar-refractivity contribution >= 4 is 17.8 Å². The highest BCUT2D eigenvalue weighted by Gasteiger charge is 2.50. The smallest absolute Gasteiger partial charge is 0.338 e. The zero-order valence-electron chi connectivity index (χ0n) is 17.9. The zero-order valence-corrected chi connectivity index (χ0v) is 17.9. The van der Waals surface area contributed by atoms with Crippen LogP contribution in [0.15, 0.2) is 12.1 Å². The number of hydrogen-bond acceptors (Lipinski definition) is 5. The van der Waals surface area contributed by atoms with E-state index in [0.717, 1.165) is 54.0 Å². The first-order valence-electron chi connectivity index (χ1n) is 10.7. The Morgan fingerprint density at radius 2 is 1.67 bits per heavy atom. The molecule has 0 radical (unpaired) electrons. The summed E-state index contributed by atoms with van der Waals surface area (Å²) in [5.74, 6) is 0.243. The van der Waals surface area contributed by atoms with Gasteiger partial charge in [-0.05, 0) is 36.5 Å². The monoisotopic (exact) mass is 416 g/mol. The molecule has 0 spiro atoms. The highest BCUT2D eigenvalue weighted by atomic mass is 16.5. The van der Waals surface area contributed by atoms with Crippen LogP contribution in [0.1, 0.15) is 43.7 Å². The molecule has 1 aliphatic carbocycles. The van der Waals surface area contributed by atoms with Gasteiger partial charge in [-0.15, -0.1) is 0 Å². The summed E-state index contributed by atoms with van der Waals surface area (Å²) >= 11 is 0. The van der Waals surface area contributed by atoms with Crippen LogP contribution in [-0.2, 0) is 22.6 Å². The molecular weight excluding hydrogens is 386 g/mol. The Labute approximate surface area is 176 Å². The topological polar surface area (TPSA) is 80.6 Å². The molecule has 30 heavy (non-hydrogen) atoms. The number of hydrogen-bond donors (Lipinski definition) is 1. The van der Waals surface area contributed by atoms with E-state index >= 15 is 0 Å². The van der Waals surface area contributed by atoms with Gasteiger partial charge >= 0.3 is 17.8 Å². The van der Waals surface area contributed by atoms with Crippen LogP contribution in [-0.4, -0.2) is 61.1 Å². The third-order valence-electron chi connectivity index (χ3n) is 6.76. The summed E-state index contributed by atoms with van der Waals surface area (Å²) < 4.78 is 10.8. The molecule has 162 valence electrons. The minimum Gasteiger partial charge on any atom is -0.493 e. The Morgan fingerprint density at radius 1 is 1.00 bits per heavy atom. The van der Waals surface area contributed by atoms with E-state index in [1.165, 1.54) is 10.5 Å². The number of rotatable bonds is 5. The second kappa shape index (κ2) is 8.26. The highest BCUT2D eigenvalue weighted by Crippen LogP contribution is 2.32. The lowest BCUT2D eigenvalue weighted by atomic mass is 9.85. The van der Waals surface area contributed by atoms with Crippen molar-refractivity contribution in [3.05, 3.63) is 23.3 Å². The predicted molar refractivity (Wildman–Crippen MR) is 108 cm³/mol. The molecule has 4 amide bonds. The van der Waals surface area contributed by atoms with E-state index < -0.39 is 17.8 Å². The second-order valence-electron chi connectivity index (χ2n) is 8.58. The second-order valence-corrected chi connectivity index (χ2v) is 8.58. The van der Waals surface area contributed by atoms with Gasteiger partial charge in [-0.2, -0.15) is 0 Å². The Kier molecular flexibility index (Phi) is 5.69. The lowest BCUT2D eigenvalue weighted by Gasteiger charge is -2.34. The highest BCUT2D eigenvalue weighted by molar-refractivity contribution is 6.44. The lowest BCUT2D eigenvalue weighted by Crippen LogP contribution is -3.13. The molecule has 0 bridgehead atoms. The average molecular weight is 416 g/mol. The van der Waals surface area contributed by atoms with Crippen LogP contribution in [0.5, 0.6) is 11.5 Å². The van der Waals surface area contributed by atoms with E-state index in [0.29, 0.717) is 18.0 Å². The molecule has 1 unspecified atom stereocenters. The summed E-state index contributed by atoms with van der Waals surface area (Å²) in [6, 6.07) is 3.34. The molecule has 8 nitrogen and oxygen atoms in total. The Hall–Kier alpha value is -2.61. The van der Waals surface area contributed by atoms with Crippen molar-refractivity contribution in [3.8, 4) is 11.5 Å². The number of nitrogens with zero attached hydrogens (tertiary/aromatic N) is 2. The van der Waals surface area contributed by atoms with Crippen molar-refractivity contribution in [1.82, 2.24) is 9.80 Å². The number of methoxy groups -OCH3 is 2. The molecule has 1 aromatic rings. The number of benzene rings is 1. The maximum atomic E-state index is 13.0. The van der Waals surface area contributed by atoms with Gasteiger partial charge in [0.25, 0.3) is 0 Å². The number of nitrogens with one attached hydrogen (secondary N) is 1. The predicted octanol–water partition coefficient (Wildman–Crippen LogP) is 0.972. The van der Waals surface area contributed by atoms with Gasteiger partial charge in [0.15, 0.2) is 18.2 Å². The maximum absolute atomic E-state index is 13.0. The van der Waals surface area contributed by atoms with Crippen molar-refractivity contribution in [2.45, 2.75) is 51.6 Å². The number of fused-ring (bicyclic) bond motifs is 1. The molecular formula is C22H30N3O5+. The van der Waals surface area contributed by atoms with Gasteiger partial charge in [-0.25, -0.2) is 9.69 Å². The van der Waals surface area contributed by atoms with E-state index in [2.05, 4.69) is 6.92 Å². The van der Waals surface area contributed by atoms with Gasteiger partial charge in [0.05, 0.1) is 20.8 Å². The fourth-order valence-corrected chi connectivity index (χ4v) is 5.02. The molecule has 8 heteroatoms. The number of carbonyl (C=O) groups excluding carboxylic acids is 3. The third kappa shape index (κ3) is 3.53. The molecule has 3 aliphatic rings. The number of carbonyl (C=O) groups is 3. The summed E-state index contributed by atoms with van der Waals surface area (Å²) in [6.45, 7) is 3.69. The summed E-state index contributed by atoms with van der Waals surface area (Å²) in [7, 11) is 3.22. The number of amides is 4. The molecule has 2 heterocycles. The minimum atomic E-state index is -0.691. The van der Waals surface area contributed by atoms with Crippen LogP contribution in [0.2, 0.25) is 0 Å². The molecule has 2 aliphatic heterocycles. The van der Waals surface area contributed by atoms with Crippen molar-refractivity contribution in [3.63, 3.8) is 0 Å². The van der Waals surface area contributed by atoms with Crippen LogP contribution in [0, 0.1) is 5.92 Å². The zero-order chi connectivity index (χ0) is 21.4.